The Morgan fingerprint density at radius 2 is 2.05 bits per heavy atom. The largest absolute Gasteiger partial charge is 0.504 e. The number of aromatic hydroxyl groups is 2. The molecule has 2 atom stereocenters. The van der Waals surface area contributed by atoms with Gasteiger partial charge in [0.25, 0.3) is 11.8 Å². The maximum atomic E-state index is 13.6. The van der Waals surface area contributed by atoms with Crippen molar-refractivity contribution in [3.63, 3.8) is 0 Å². The third-order valence-corrected chi connectivity index (χ3v) is 9.50. The molecule has 1 aromatic carbocycles. The number of rotatable bonds is 8. The smallest absolute Gasteiger partial charge is 0.353 e. The number of anilines is 1. The Balaban J connectivity index is 1.52. The molecule has 2 aromatic heterocycles. The molecular formula is C23H18N6O8S4. The van der Waals surface area contributed by atoms with E-state index in [2.05, 4.69) is 19.8 Å². The van der Waals surface area contributed by atoms with E-state index in [9.17, 15) is 34.5 Å². The molecule has 1 saturated heterocycles. The average molecular weight is 635 g/mol. The van der Waals surface area contributed by atoms with Crippen molar-refractivity contribution in [2.45, 2.75) is 17.8 Å². The minimum Gasteiger partial charge on any atom is -0.504 e. The number of hydrogen-bond acceptors (Lipinski definition) is 15. The van der Waals surface area contributed by atoms with E-state index in [-0.39, 0.29) is 50.6 Å². The van der Waals surface area contributed by atoms with Gasteiger partial charge >= 0.3 is 5.97 Å². The van der Waals surface area contributed by atoms with Crippen molar-refractivity contribution in [1.82, 2.24) is 19.6 Å². The fourth-order valence-corrected chi connectivity index (χ4v) is 7.74. The Bertz CT molecular complexity index is 1770. The Labute approximate surface area is 247 Å². The van der Waals surface area contributed by atoms with Crippen LogP contribution in [-0.4, -0.2) is 81.7 Å². The lowest BCUT2D eigenvalue weighted by Crippen LogP contribution is -2.80. The summed E-state index contributed by atoms with van der Waals surface area (Å²) in [6.07, 6.45) is 0. The second kappa shape index (κ2) is 10.7. The molecular weight excluding hydrogens is 617 g/mol. The molecule has 14 nitrogen and oxygen atoms in total. The van der Waals surface area contributed by atoms with E-state index < -0.39 is 45.6 Å². The molecule has 0 saturated carbocycles. The summed E-state index contributed by atoms with van der Waals surface area (Å²) < 4.78 is 4.27. The first-order valence-electron chi connectivity index (χ1n) is 11.5. The highest BCUT2D eigenvalue weighted by atomic mass is 32.2. The van der Waals surface area contributed by atoms with Gasteiger partial charge in [-0.15, -0.1) is 23.1 Å². The van der Waals surface area contributed by atoms with Crippen LogP contribution >= 0.6 is 46.8 Å². The molecule has 2 aliphatic rings. The first-order chi connectivity index (χ1) is 19.5. The van der Waals surface area contributed by atoms with E-state index in [0.29, 0.717) is 4.70 Å². The molecule has 18 heteroatoms. The van der Waals surface area contributed by atoms with Gasteiger partial charge in [-0.05, 0) is 13.0 Å². The topological polar surface area (TPSA) is 218 Å². The van der Waals surface area contributed by atoms with Crippen molar-refractivity contribution in [2.75, 3.05) is 18.1 Å². The number of aromatic nitrogens is 2. The molecule has 2 aliphatic heterocycles. The van der Waals surface area contributed by atoms with E-state index in [0.717, 1.165) is 51.0 Å². The summed E-state index contributed by atoms with van der Waals surface area (Å²) >= 11 is 8.11. The van der Waals surface area contributed by atoms with Gasteiger partial charge in [-0.25, -0.2) is 4.79 Å². The van der Waals surface area contributed by atoms with Gasteiger partial charge < -0.3 is 31.2 Å². The van der Waals surface area contributed by atoms with Crippen LogP contribution in [-0.2, 0) is 19.2 Å². The predicted molar refractivity (Wildman–Crippen MR) is 156 cm³/mol. The highest BCUT2D eigenvalue weighted by molar-refractivity contribution is 8.00. The first kappa shape index (κ1) is 28.4. The summed E-state index contributed by atoms with van der Waals surface area (Å²) in [5, 5.41) is 36.4. The SMILES string of the molecule is CCO/N=C(\C(=O)N[C@]1(C=S)C(=O)N2C(C(=O)O)=C(c3cc(=O)c4cc(O)c(O)cc4s3)CS[C@H]21)c1nsc(N)n1. The molecule has 0 radical (unpaired) electrons. The van der Waals surface area contributed by atoms with E-state index in [1.165, 1.54) is 12.1 Å². The zero-order valence-corrected chi connectivity index (χ0v) is 23.9. The number of thiocarbonyl (C=S) groups is 1. The summed E-state index contributed by atoms with van der Waals surface area (Å²) in [4.78, 5) is 62.3. The molecule has 1 fully saturated rings. The van der Waals surface area contributed by atoms with Gasteiger partial charge in [0, 0.05) is 55.3 Å². The van der Waals surface area contributed by atoms with Crippen LogP contribution in [0.4, 0.5) is 5.13 Å². The van der Waals surface area contributed by atoms with Gasteiger partial charge in [0.2, 0.25) is 11.5 Å². The quantitative estimate of drug-likeness (QED) is 0.0772. The molecule has 2 amide bonds. The summed E-state index contributed by atoms with van der Waals surface area (Å²) in [5.41, 5.74) is 2.79. The molecule has 3 aromatic rings. The maximum Gasteiger partial charge on any atom is 0.353 e. The average Bonchev–Trinajstić information content (AvgIpc) is 3.37. The minimum atomic E-state index is -1.78. The number of fused-ring (bicyclic) bond motifs is 2. The van der Waals surface area contributed by atoms with Gasteiger partial charge in [-0.1, -0.05) is 17.4 Å². The van der Waals surface area contributed by atoms with Crippen LogP contribution in [0.5, 0.6) is 11.5 Å². The van der Waals surface area contributed by atoms with Crippen molar-refractivity contribution < 1.29 is 34.5 Å². The highest BCUT2D eigenvalue weighted by Crippen LogP contribution is 2.48. The van der Waals surface area contributed by atoms with E-state index in [4.69, 9.17) is 22.8 Å². The number of hydrogen-bond donors (Lipinski definition) is 5. The van der Waals surface area contributed by atoms with E-state index in [1.807, 2.05) is 0 Å². The highest BCUT2D eigenvalue weighted by Gasteiger charge is 2.65. The fourth-order valence-electron chi connectivity index (χ4n) is 4.24. The van der Waals surface area contributed by atoms with Crippen molar-refractivity contribution in [3.05, 3.63) is 44.8 Å². The summed E-state index contributed by atoms with van der Waals surface area (Å²) in [7, 11) is 0. The van der Waals surface area contributed by atoms with Crippen molar-refractivity contribution in [1.29, 1.82) is 0 Å². The van der Waals surface area contributed by atoms with E-state index in [1.54, 1.807) is 6.92 Å². The van der Waals surface area contributed by atoms with Gasteiger partial charge in [0.15, 0.2) is 27.6 Å². The Morgan fingerprint density at radius 3 is 2.68 bits per heavy atom. The maximum absolute atomic E-state index is 13.6. The monoisotopic (exact) mass is 634 g/mol. The van der Waals surface area contributed by atoms with Crippen molar-refractivity contribution >= 4 is 96.5 Å². The predicted octanol–water partition coefficient (Wildman–Crippen LogP) is 1.11. The lowest BCUT2D eigenvalue weighted by Gasteiger charge is -2.55. The lowest BCUT2D eigenvalue weighted by molar-refractivity contribution is -0.153. The van der Waals surface area contributed by atoms with Gasteiger partial charge in [0.05, 0.1) is 0 Å². The van der Waals surface area contributed by atoms with Gasteiger partial charge in [-0.2, -0.15) is 9.36 Å². The third-order valence-electron chi connectivity index (χ3n) is 6.09. The van der Waals surface area contributed by atoms with Crippen LogP contribution in [0.1, 0.15) is 17.6 Å². The second-order valence-electron chi connectivity index (χ2n) is 8.54. The number of phenols is 2. The van der Waals surface area contributed by atoms with Crippen LogP contribution in [0.3, 0.4) is 0 Å². The number of carbonyl (C=O) groups excluding carboxylic acids is 2. The minimum absolute atomic E-state index is 0.0342. The number of phenolic OH excluding ortho intramolecular Hbond substituents is 2. The number of nitrogens with zero attached hydrogens (tertiary/aromatic N) is 4. The Hall–Kier alpha value is -4.13. The number of thioether (sulfide) groups is 1. The summed E-state index contributed by atoms with van der Waals surface area (Å²) in [5.74, 6) is -4.15. The number of carbonyl (C=O) groups is 3. The standard InChI is InChI=1S/C23H18N6O8S4/c1-2-37-27-15(17-25-22(24)41-28-17)18(33)26-23(7-38)20(36)29-16(19(34)35)9(6-39-21(23)29)14-4-10(30)8-3-11(31)12(32)5-13(8)40-14/h3-5,7,21,31-32H,2,6H2,1H3,(H,26,33)(H,34,35)(H2,24,25,28)/b27-15-/t21-,23+/m0/s1. The number of β-lactam (4-membered cyclic amide) rings is 1. The Morgan fingerprint density at radius 1 is 1.32 bits per heavy atom. The van der Waals surface area contributed by atoms with Crippen molar-refractivity contribution in [3.8, 4) is 11.5 Å². The number of oxime groups is 1. The third kappa shape index (κ3) is 4.67. The second-order valence-corrected chi connectivity index (χ2v) is 11.7. The van der Waals surface area contributed by atoms with Crippen LogP contribution in [0.25, 0.3) is 15.7 Å². The number of amides is 2. The molecule has 5 rings (SSSR count). The molecule has 212 valence electrons. The fraction of sp³-hybridized carbons (Fsp3) is 0.217. The number of nitrogen functional groups attached to an aromatic ring is 1. The van der Waals surface area contributed by atoms with Gasteiger partial charge in [-0.3, -0.25) is 19.3 Å². The number of carboxylic acids is 1. The number of aliphatic carboxylic acids is 1. The van der Waals surface area contributed by atoms with Crippen LogP contribution in [0, 0.1) is 0 Å². The lowest BCUT2D eigenvalue weighted by atomic mass is 9.87. The molecule has 4 heterocycles. The molecule has 0 spiro atoms. The summed E-state index contributed by atoms with van der Waals surface area (Å²) in [6, 6.07) is 3.54. The van der Waals surface area contributed by atoms with Crippen molar-refractivity contribution in [2.24, 2.45) is 5.16 Å². The molecule has 0 unspecified atom stereocenters. The number of benzene rings is 1. The zero-order chi connectivity index (χ0) is 29.6. The molecule has 0 aliphatic carbocycles. The number of carboxylic acid groups (broad SMARTS) is 1. The van der Waals surface area contributed by atoms with Crippen LogP contribution < -0.4 is 16.5 Å². The van der Waals surface area contributed by atoms with E-state index >= 15 is 0 Å². The van der Waals surface area contributed by atoms with Gasteiger partial charge in [0.1, 0.15) is 17.7 Å². The van der Waals surface area contributed by atoms with Crippen LogP contribution in [0.2, 0.25) is 0 Å². The molecule has 0 bridgehead atoms. The summed E-state index contributed by atoms with van der Waals surface area (Å²) in [6.45, 7) is 1.76. The number of nitrogens with two attached hydrogens (primary N) is 1. The molecule has 6 N–H and O–H groups in total. The molecule has 41 heavy (non-hydrogen) atoms. The Kier molecular flexibility index (Phi) is 7.41. The zero-order valence-electron chi connectivity index (χ0n) is 20.7. The normalized spacial score (nSPS) is 20.4. The number of nitrogens with one attached hydrogen (secondary N) is 1. The van der Waals surface area contributed by atoms with Crippen LogP contribution in [0.15, 0.2) is 33.8 Å². The first-order valence-corrected chi connectivity index (χ1v) is 14.6.